The average Bonchev–Trinajstić information content (AvgIpc) is 2.39. The Kier molecular flexibility index (Phi) is 5.01. The molecule has 0 atom stereocenters. The molecule has 1 aromatic heterocycles. The van der Waals surface area contributed by atoms with Crippen LogP contribution in [-0.2, 0) is 6.54 Å². The third-order valence-electron chi connectivity index (χ3n) is 2.95. The van der Waals surface area contributed by atoms with Crippen molar-refractivity contribution in [2.75, 3.05) is 0 Å². The second kappa shape index (κ2) is 6.58. The van der Waals surface area contributed by atoms with Crippen LogP contribution in [0.4, 0.5) is 0 Å². The largest absolute Gasteiger partial charge is 0.455 e. The predicted molar refractivity (Wildman–Crippen MR) is 89.8 cm³/mol. The number of aryl methyl sites for hydroxylation is 1. The number of hydrogen-bond acceptors (Lipinski definition) is 3. The van der Waals surface area contributed by atoms with Gasteiger partial charge in [-0.15, -0.1) is 0 Å². The SMILES string of the molecule is Cc1ccc(Oc2cc(Br)ccc2CNC(C)(C)C)cn1. The lowest BCUT2D eigenvalue weighted by Gasteiger charge is -2.21. The highest BCUT2D eigenvalue weighted by molar-refractivity contribution is 9.10. The van der Waals surface area contributed by atoms with E-state index in [0.717, 1.165) is 33.8 Å². The topological polar surface area (TPSA) is 34.1 Å². The molecule has 0 aliphatic heterocycles. The highest BCUT2D eigenvalue weighted by Crippen LogP contribution is 2.28. The molecule has 2 aromatic rings. The van der Waals surface area contributed by atoms with Gasteiger partial charge < -0.3 is 10.1 Å². The van der Waals surface area contributed by atoms with Crippen molar-refractivity contribution in [3.8, 4) is 11.5 Å². The van der Waals surface area contributed by atoms with Crippen LogP contribution in [0.15, 0.2) is 41.0 Å². The molecule has 0 aliphatic carbocycles. The van der Waals surface area contributed by atoms with E-state index in [4.69, 9.17) is 4.74 Å². The Morgan fingerprint density at radius 3 is 2.57 bits per heavy atom. The standard InChI is InChI=1S/C17H21BrN2O/c1-12-5-8-15(11-19-12)21-16-9-14(18)7-6-13(16)10-20-17(2,3)4/h5-9,11,20H,10H2,1-4H3. The first-order chi connectivity index (χ1) is 9.83. The Labute approximate surface area is 134 Å². The zero-order valence-electron chi connectivity index (χ0n) is 12.9. The van der Waals surface area contributed by atoms with Gasteiger partial charge in [0.25, 0.3) is 0 Å². The molecule has 3 nitrogen and oxygen atoms in total. The van der Waals surface area contributed by atoms with E-state index in [-0.39, 0.29) is 5.54 Å². The molecule has 0 fully saturated rings. The van der Waals surface area contributed by atoms with E-state index in [1.54, 1.807) is 6.20 Å². The molecule has 2 rings (SSSR count). The fourth-order valence-corrected chi connectivity index (χ4v) is 2.11. The van der Waals surface area contributed by atoms with Crippen LogP contribution in [0.5, 0.6) is 11.5 Å². The Hall–Kier alpha value is -1.39. The monoisotopic (exact) mass is 348 g/mol. The second-order valence-electron chi connectivity index (χ2n) is 6.09. The molecule has 0 radical (unpaired) electrons. The van der Waals surface area contributed by atoms with Gasteiger partial charge in [0.2, 0.25) is 0 Å². The first-order valence-electron chi connectivity index (χ1n) is 6.97. The molecule has 0 saturated carbocycles. The number of rotatable bonds is 4. The predicted octanol–water partition coefficient (Wildman–Crippen LogP) is 4.83. The van der Waals surface area contributed by atoms with Crippen LogP contribution < -0.4 is 10.1 Å². The minimum atomic E-state index is 0.0652. The molecule has 0 saturated heterocycles. The molecule has 21 heavy (non-hydrogen) atoms. The summed E-state index contributed by atoms with van der Waals surface area (Å²) in [5.74, 6) is 1.59. The maximum atomic E-state index is 5.98. The highest BCUT2D eigenvalue weighted by atomic mass is 79.9. The maximum absolute atomic E-state index is 5.98. The van der Waals surface area contributed by atoms with E-state index in [1.165, 1.54) is 0 Å². The van der Waals surface area contributed by atoms with Crippen molar-refractivity contribution in [2.24, 2.45) is 0 Å². The molecule has 0 bridgehead atoms. The molecule has 1 heterocycles. The summed E-state index contributed by atoms with van der Waals surface area (Å²) in [6.45, 7) is 9.16. The van der Waals surface area contributed by atoms with Gasteiger partial charge in [0.1, 0.15) is 11.5 Å². The number of hydrogen-bond donors (Lipinski definition) is 1. The van der Waals surface area contributed by atoms with Crippen LogP contribution in [0.25, 0.3) is 0 Å². The Bertz CT molecular complexity index is 603. The molecule has 1 aromatic carbocycles. The molecule has 0 unspecified atom stereocenters. The molecule has 0 spiro atoms. The molecular formula is C17H21BrN2O. The van der Waals surface area contributed by atoms with Crippen molar-refractivity contribution < 1.29 is 4.74 Å². The van der Waals surface area contributed by atoms with E-state index in [9.17, 15) is 0 Å². The second-order valence-corrected chi connectivity index (χ2v) is 7.01. The Morgan fingerprint density at radius 1 is 1.19 bits per heavy atom. The Morgan fingerprint density at radius 2 is 1.95 bits per heavy atom. The summed E-state index contributed by atoms with van der Waals surface area (Å²) >= 11 is 3.50. The van der Waals surface area contributed by atoms with Gasteiger partial charge in [-0.25, -0.2) is 0 Å². The van der Waals surface area contributed by atoms with Gasteiger partial charge in [0.05, 0.1) is 6.20 Å². The van der Waals surface area contributed by atoms with Crippen molar-refractivity contribution in [3.63, 3.8) is 0 Å². The lowest BCUT2D eigenvalue weighted by molar-refractivity contribution is 0.414. The molecular weight excluding hydrogens is 328 g/mol. The van der Waals surface area contributed by atoms with Crippen molar-refractivity contribution in [1.29, 1.82) is 0 Å². The fraction of sp³-hybridized carbons (Fsp3) is 0.353. The summed E-state index contributed by atoms with van der Waals surface area (Å²) in [4.78, 5) is 4.26. The summed E-state index contributed by atoms with van der Waals surface area (Å²) in [5, 5.41) is 3.48. The summed E-state index contributed by atoms with van der Waals surface area (Å²) in [6.07, 6.45) is 1.75. The van der Waals surface area contributed by atoms with Gasteiger partial charge >= 0.3 is 0 Å². The molecule has 0 aliphatic rings. The molecule has 0 amide bonds. The van der Waals surface area contributed by atoms with Crippen LogP contribution >= 0.6 is 15.9 Å². The minimum Gasteiger partial charge on any atom is -0.455 e. The van der Waals surface area contributed by atoms with E-state index < -0.39 is 0 Å². The van der Waals surface area contributed by atoms with Crippen molar-refractivity contribution >= 4 is 15.9 Å². The fourth-order valence-electron chi connectivity index (χ4n) is 1.77. The van der Waals surface area contributed by atoms with E-state index in [0.29, 0.717) is 0 Å². The number of ether oxygens (including phenoxy) is 1. The zero-order valence-corrected chi connectivity index (χ0v) is 14.5. The van der Waals surface area contributed by atoms with E-state index >= 15 is 0 Å². The minimum absolute atomic E-state index is 0.0652. The first-order valence-corrected chi connectivity index (χ1v) is 7.77. The van der Waals surface area contributed by atoms with E-state index in [2.05, 4.69) is 53.1 Å². The van der Waals surface area contributed by atoms with Crippen molar-refractivity contribution in [3.05, 3.63) is 52.3 Å². The van der Waals surface area contributed by atoms with Gasteiger partial charge in [-0.1, -0.05) is 22.0 Å². The van der Waals surface area contributed by atoms with Crippen LogP contribution in [0, 0.1) is 6.92 Å². The maximum Gasteiger partial charge on any atom is 0.145 e. The molecule has 1 N–H and O–H groups in total. The number of pyridine rings is 1. The smallest absolute Gasteiger partial charge is 0.145 e. The summed E-state index contributed by atoms with van der Waals surface area (Å²) in [5.41, 5.74) is 2.16. The lowest BCUT2D eigenvalue weighted by atomic mass is 10.1. The van der Waals surface area contributed by atoms with Gasteiger partial charge in [-0.3, -0.25) is 4.98 Å². The third-order valence-corrected chi connectivity index (χ3v) is 3.44. The summed E-state index contributed by atoms with van der Waals surface area (Å²) in [7, 11) is 0. The van der Waals surface area contributed by atoms with Gasteiger partial charge in [-0.2, -0.15) is 0 Å². The quantitative estimate of drug-likeness (QED) is 0.858. The van der Waals surface area contributed by atoms with Crippen LogP contribution in [0.1, 0.15) is 32.0 Å². The Balaban J connectivity index is 2.20. The third kappa shape index (κ3) is 5.14. The van der Waals surface area contributed by atoms with Gasteiger partial charge in [-0.05, 0) is 52.0 Å². The van der Waals surface area contributed by atoms with Crippen molar-refractivity contribution in [2.45, 2.75) is 39.8 Å². The lowest BCUT2D eigenvalue weighted by Crippen LogP contribution is -2.35. The number of benzene rings is 1. The van der Waals surface area contributed by atoms with Crippen LogP contribution in [0.3, 0.4) is 0 Å². The van der Waals surface area contributed by atoms with Gasteiger partial charge in [0, 0.05) is 27.8 Å². The van der Waals surface area contributed by atoms with Crippen molar-refractivity contribution in [1.82, 2.24) is 10.3 Å². The number of nitrogens with one attached hydrogen (secondary N) is 1. The summed E-state index contributed by atoms with van der Waals surface area (Å²) in [6, 6.07) is 9.96. The first kappa shape index (κ1) is 16.0. The van der Waals surface area contributed by atoms with Gasteiger partial charge in [0.15, 0.2) is 0 Å². The number of nitrogens with zero attached hydrogens (tertiary/aromatic N) is 1. The number of halogens is 1. The van der Waals surface area contributed by atoms with Crippen LogP contribution in [-0.4, -0.2) is 10.5 Å². The summed E-state index contributed by atoms with van der Waals surface area (Å²) < 4.78 is 6.98. The highest BCUT2D eigenvalue weighted by Gasteiger charge is 2.12. The van der Waals surface area contributed by atoms with E-state index in [1.807, 2.05) is 31.2 Å². The molecule has 112 valence electrons. The molecule has 4 heteroatoms. The number of aromatic nitrogens is 1. The zero-order chi connectivity index (χ0) is 15.5. The normalized spacial score (nSPS) is 11.5. The average molecular weight is 349 g/mol. The van der Waals surface area contributed by atoms with Crippen LogP contribution in [0.2, 0.25) is 0 Å².